The molecule has 0 spiro atoms. The minimum Gasteiger partial charge on any atom is -0.421 e. The highest BCUT2D eigenvalue weighted by Crippen LogP contribution is 2.09. The molecule has 0 aliphatic heterocycles. The molecular formula is C13H13NO3. The fourth-order valence-electron chi connectivity index (χ4n) is 1.24. The second kappa shape index (κ2) is 7.18. The average molecular weight is 231 g/mol. The van der Waals surface area contributed by atoms with Crippen molar-refractivity contribution in [1.82, 2.24) is 0 Å². The lowest BCUT2D eigenvalue weighted by molar-refractivity contribution is -0.147. The monoisotopic (exact) mass is 231 g/mol. The first-order valence-electron chi connectivity index (χ1n) is 5.41. The maximum absolute atomic E-state index is 11.4. The van der Waals surface area contributed by atoms with E-state index < -0.39 is 11.8 Å². The van der Waals surface area contributed by atoms with Crippen molar-refractivity contribution < 1.29 is 14.3 Å². The van der Waals surface area contributed by atoms with Crippen LogP contribution in [0.2, 0.25) is 0 Å². The standard InChI is InChI=1S/C13H13NO3/c14-10-6-2-5-9-12(15)13(16)17-11-7-3-1-4-8-11/h1,3-4,7-8H,2,5-6,9H2. The Morgan fingerprint density at radius 3 is 2.53 bits per heavy atom. The number of rotatable bonds is 6. The maximum atomic E-state index is 11.4. The largest absolute Gasteiger partial charge is 0.421 e. The second-order valence-corrected chi connectivity index (χ2v) is 3.49. The first-order valence-corrected chi connectivity index (χ1v) is 5.41. The van der Waals surface area contributed by atoms with Crippen molar-refractivity contribution in [1.29, 1.82) is 5.26 Å². The first kappa shape index (κ1) is 12.9. The number of carbonyl (C=O) groups is 2. The summed E-state index contributed by atoms with van der Waals surface area (Å²) in [7, 11) is 0. The SMILES string of the molecule is N#CCCCCC(=O)C(=O)Oc1ccccc1. The molecular weight excluding hydrogens is 218 g/mol. The fourth-order valence-corrected chi connectivity index (χ4v) is 1.24. The van der Waals surface area contributed by atoms with E-state index in [0.717, 1.165) is 0 Å². The molecule has 0 heterocycles. The smallest absolute Gasteiger partial charge is 0.379 e. The van der Waals surface area contributed by atoms with E-state index in [-0.39, 0.29) is 6.42 Å². The van der Waals surface area contributed by atoms with Crippen LogP contribution in [0.1, 0.15) is 25.7 Å². The number of ketones is 1. The predicted octanol–water partition coefficient (Wildman–Crippen LogP) is 2.25. The van der Waals surface area contributed by atoms with Gasteiger partial charge >= 0.3 is 5.97 Å². The molecule has 0 fully saturated rings. The van der Waals surface area contributed by atoms with Gasteiger partial charge in [0.1, 0.15) is 5.75 Å². The summed E-state index contributed by atoms with van der Waals surface area (Å²) in [6.07, 6.45) is 1.70. The molecule has 1 rings (SSSR count). The lowest BCUT2D eigenvalue weighted by atomic mass is 10.1. The molecule has 0 aromatic heterocycles. The molecule has 0 bridgehead atoms. The maximum Gasteiger partial charge on any atom is 0.379 e. The topological polar surface area (TPSA) is 67.2 Å². The van der Waals surface area contributed by atoms with Gasteiger partial charge in [0.05, 0.1) is 6.07 Å². The molecule has 0 unspecified atom stereocenters. The van der Waals surface area contributed by atoms with E-state index in [9.17, 15) is 9.59 Å². The molecule has 88 valence electrons. The number of benzene rings is 1. The number of ether oxygens (including phenoxy) is 1. The highest BCUT2D eigenvalue weighted by atomic mass is 16.5. The van der Waals surface area contributed by atoms with Crippen LogP contribution in [-0.2, 0) is 9.59 Å². The van der Waals surface area contributed by atoms with E-state index in [0.29, 0.717) is 25.0 Å². The Bertz CT molecular complexity index is 420. The Balaban J connectivity index is 2.33. The summed E-state index contributed by atoms with van der Waals surface area (Å²) >= 11 is 0. The third-order valence-corrected chi connectivity index (χ3v) is 2.12. The third-order valence-electron chi connectivity index (χ3n) is 2.12. The predicted molar refractivity (Wildman–Crippen MR) is 61.2 cm³/mol. The minimum atomic E-state index is -0.840. The molecule has 0 saturated heterocycles. The number of unbranched alkanes of at least 4 members (excludes halogenated alkanes) is 2. The molecule has 1 aromatic carbocycles. The number of carbonyl (C=O) groups excluding carboxylic acids is 2. The molecule has 0 aliphatic carbocycles. The number of para-hydroxylation sites is 1. The molecule has 4 heteroatoms. The number of hydrogen-bond donors (Lipinski definition) is 0. The average Bonchev–Trinajstić information content (AvgIpc) is 2.35. The van der Waals surface area contributed by atoms with Gasteiger partial charge in [0.25, 0.3) is 0 Å². The Hall–Kier alpha value is -2.15. The Labute approximate surface area is 99.8 Å². The van der Waals surface area contributed by atoms with E-state index in [1.54, 1.807) is 30.3 Å². The van der Waals surface area contributed by atoms with Crippen molar-refractivity contribution >= 4 is 11.8 Å². The van der Waals surface area contributed by atoms with Gasteiger partial charge in [-0.2, -0.15) is 5.26 Å². The van der Waals surface area contributed by atoms with Crippen LogP contribution in [0, 0.1) is 11.3 Å². The molecule has 0 N–H and O–H groups in total. The van der Waals surface area contributed by atoms with Gasteiger partial charge in [-0.25, -0.2) is 4.79 Å². The molecule has 0 saturated carbocycles. The van der Waals surface area contributed by atoms with Crippen molar-refractivity contribution in [3.63, 3.8) is 0 Å². The Kier molecular flexibility index (Phi) is 5.45. The number of Topliss-reactive ketones (excluding diaryl/α,β-unsaturated/α-hetero) is 1. The van der Waals surface area contributed by atoms with Crippen LogP contribution in [-0.4, -0.2) is 11.8 Å². The zero-order valence-corrected chi connectivity index (χ0v) is 9.39. The summed E-state index contributed by atoms with van der Waals surface area (Å²) in [4.78, 5) is 22.7. The Morgan fingerprint density at radius 2 is 1.88 bits per heavy atom. The van der Waals surface area contributed by atoms with E-state index in [2.05, 4.69) is 0 Å². The Morgan fingerprint density at radius 1 is 1.18 bits per heavy atom. The summed E-state index contributed by atoms with van der Waals surface area (Å²) in [6.45, 7) is 0. The summed E-state index contributed by atoms with van der Waals surface area (Å²) in [5.41, 5.74) is 0. The van der Waals surface area contributed by atoms with Gasteiger partial charge < -0.3 is 4.74 Å². The van der Waals surface area contributed by atoms with Gasteiger partial charge in [-0.05, 0) is 25.0 Å². The first-order chi connectivity index (χ1) is 8.24. The van der Waals surface area contributed by atoms with E-state index in [1.165, 1.54) is 0 Å². The van der Waals surface area contributed by atoms with Crippen LogP contribution >= 0.6 is 0 Å². The summed E-state index contributed by atoms with van der Waals surface area (Å²) in [6, 6.07) is 10.4. The van der Waals surface area contributed by atoms with Crippen LogP contribution in [0.4, 0.5) is 0 Å². The molecule has 0 radical (unpaired) electrons. The zero-order chi connectivity index (χ0) is 12.5. The van der Waals surface area contributed by atoms with Crippen LogP contribution in [0.3, 0.4) is 0 Å². The molecule has 4 nitrogen and oxygen atoms in total. The van der Waals surface area contributed by atoms with Crippen LogP contribution in [0.5, 0.6) is 5.75 Å². The van der Waals surface area contributed by atoms with Crippen LogP contribution < -0.4 is 4.74 Å². The lowest BCUT2D eigenvalue weighted by Gasteiger charge is -2.02. The number of nitrogens with zero attached hydrogens (tertiary/aromatic N) is 1. The van der Waals surface area contributed by atoms with E-state index in [1.807, 2.05) is 6.07 Å². The van der Waals surface area contributed by atoms with Gasteiger partial charge in [0, 0.05) is 12.8 Å². The van der Waals surface area contributed by atoms with Crippen LogP contribution in [0.25, 0.3) is 0 Å². The summed E-state index contributed by atoms with van der Waals surface area (Å²) < 4.78 is 4.88. The summed E-state index contributed by atoms with van der Waals surface area (Å²) in [5.74, 6) is -1.03. The van der Waals surface area contributed by atoms with Crippen molar-refractivity contribution in [3.05, 3.63) is 30.3 Å². The summed E-state index contributed by atoms with van der Waals surface area (Å²) in [5, 5.41) is 8.31. The van der Waals surface area contributed by atoms with Gasteiger partial charge in [-0.15, -0.1) is 0 Å². The zero-order valence-electron chi connectivity index (χ0n) is 9.39. The number of hydrogen-bond acceptors (Lipinski definition) is 4. The highest BCUT2D eigenvalue weighted by Gasteiger charge is 2.15. The number of esters is 1. The van der Waals surface area contributed by atoms with Gasteiger partial charge in [-0.3, -0.25) is 4.79 Å². The van der Waals surface area contributed by atoms with Crippen molar-refractivity contribution in [2.24, 2.45) is 0 Å². The third kappa shape index (κ3) is 4.94. The van der Waals surface area contributed by atoms with Crippen molar-refractivity contribution in [2.75, 3.05) is 0 Å². The second-order valence-electron chi connectivity index (χ2n) is 3.49. The molecule has 17 heavy (non-hydrogen) atoms. The van der Waals surface area contributed by atoms with Gasteiger partial charge in [-0.1, -0.05) is 18.2 Å². The fraction of sp³-hybridized carbons (Fsp3) is 0.308. The normalized spacial score (nSPS) is 9.35. The quantitative estimate of drug-likeness (QED) is 0.326. The van der Waals surface area contributed by atoms with Gasteiger partial charge in [0.2, 0.25) is 5.78 Å². The molecule has 0 aliphatic rings. The molecule has 0 atom stereocenters. The van der Waals surface area contributed by atoms with Crippen LogP contribution in [0.15, 0.2) is 30.3 Å². The minimum absolute atomic E-state index is 0.132. The van der Waals surface area contributed by atoms with Crippen molar-refractivity contribution in [3.8, 4) is 11.8 Å². The van der Waals surface area contributed by atoms with E-state index >= 15 is 0 Å². The van der Waals surface area contributed by atoms with E-state index in [4.69, 9.17) is 10.00 Å². The highest BCUT2D eigenvalue weighted by molar-refractivity contribution is 6.34. The molecule has 0 amide bonds. The number of nitriles is 1. The van der Waals surface area contributed by atoms with Gasteiger partial charge in [0.15, 0.2) is 0 Å². The lowest BCUT2D eigenvalue weighted by Crippen LogP contribution is -2.20. The molecule has 1 aromatic rings. The van der Waals surface area contributed by atoms with Crippen molar-refractivity contribution in [2.45, 2.75) is 25.7 Å².